The minimum Gasteiger partial charge on any atom is -0.462 e. The third-order valence-corrected chi connectivity index (χ3v) is 2.28. The number of rotatable bonds is 4. The molecule has 0 N–H and O–H groups in total. The third kappa shape index (κ3) is 4.37. The van der Waals surface area contributed by atoms with Gasteiger partial charge in [-0.2, -0.15) is 25.8 Å². The van der Waals surface area contributed by atoms with Gasteiger partial charge in [0.2, 0.25) is 0 Å². The molecule has 1 aromatic rings. The van der Waals surface area contributed by atoms with Crippen molar-refractivity contribution < 1.29 is 22.7 Å². The number of alkyl halides is 3. The van der Waals surface area contributed by atoms with Gasteiger partial charge in [0.1, 0.15) is 0 Å². The number of halogens is 3. The van der Waals surface area contributed by atoms with Crippen LogP contribution in [0.15, 0.2) is 40.4 Å². The normalized spacial score (nSPS) is 13.2. The molecule has 20 heavy (non-hydrogen) atoms. The summed E-state index contributed by atoms with van der Waals surface area (Å²) in [6, 6.07) is 4.30. The molecule has 0 aliphatic heterocycles. The quantitative estimate of drug-likeness (QED) is 0.402. The average Bonchev–Trinajstić information content (AvgIpc) is 2.39. The summed E-state index contributed by atoms with van der Waals surface area (Å²) in [7, 11) is 0. The van der Waals surface area contributed by atoms with Gasteiger partial charge in [-0.3, -0.25) is 0 Å². The Labute approximate surface area is 118 Å². The highest BCUT2D eigenvalue weighted by molar-refractivity contribution is 7.83. The van der Waals surface area contributed by atoms with Crippen LogP contribution in [0.5, 0.6) is 0 Å². The molecule has 1 rings (SSSR count). The lowest BCUT2D eigenvalue weighted by molar-refractivity contribution is -0.138. The van der Waals surface area contributed by atoms with Crippen LogP contribution >= 0.6 is 12.6 Å². The predicted molar refractivity (Wildman–Crippen MR) is 71.1 cm³/mol. The Kier molecular flexibility index (Phi) is 5.75. The first-order valence-electron chi connectivity index (χ1n) is 5.49. The minimum atomic E-state index is -4.83. The summed E-state index contributed by atoms with van der Waals surface area (Å²) < 4.78 is 43.6. The van der Waals surface area contributed by atoms with Crippen molar-refractivity contribution in [2.75, 3.05) is 6.61 Å². The van der Waals surface area contributed by atoms with Crippen molar-refractivity contribution in [1.82, 2.24) is 4.98 Å². The second kappa shape index (κ2) is 7.09. The van der Waals surface area contributed by atoms with Crippen molar-refractivity contribution in [1.29, 1.82) is 0 Å². The van der Waals surface area contributed by atoms with Crippen molar-refractivity contribution in [3.63, 3.8) is 0 Å². The fraction of sp³-hybridized carbons (Fsp3) is 0.250. The Hall–Kier alpha value is -1.83. The second-order valence-corrected chi connectivity index (χ2v) is 3.67. The molecular weight excluding hydrogens is 293 g/mol. The van der Waals surface area contributed by atoms with Crippen LogP contribution in [0.2, 0.25) is 0 Å². The number of carbonyl (C=O) groups excluding carboxylic acids is 1. The van der Waals surface area contributed by atoms with Crippen LogP contribution < -0.4 is 0 Å². The number of aromatic nitrogens is 1. The fourth-order valence-electron chi connectivity index (χ4n) is 1.23. The molecule has 0 unspecified atom stereocenters. The van der Waals surface area contributed by atoms with Crippen LogP contribution in [0.3, 0.4) is 0 Å². The Balaban J connectivity index is 3.27. The number of thiol groups is 1. The Morgan fingerprint density at radius 1 is 1.50 bits per heavy atom. The molecule has 0 aliphatic carbocycles. The van der Waals surface area contributed by atoms with Crippen molar-refractivity contribution >= 4 is 30.1 Å². The Morgan fingerprint density at radius 3 is 2.65 bits per heavy atom. The molecule has 0 spiro atoms. The van der Waals surface area contributed by atoms with Crippen LogP contribution in [0.25, 0.3) is 0 Å². The van der Waals surface area contributed by atoms with Crippen molar-refractivity contribution in [3.05, 3.63) is 35.4 Å². The number of ether oxygens (including phenoxy) is 1. The summed E-state index contributed by atoms with van der Waals surface area (Å²) in [5, 5.41) is 0.716. The predicted octanol–water partition coefficient (Wildman–Crippen LogP) is 3.09. The van der Waals surface area contributed by atoms with E-state index in [1.807, 2.05) is 0 Å². The van der Waals surface area contributed by atoms with E-state index in [-0.39, 0.29) is 12.4 Å². The highest BCUT2D eigenvalue weighted by Crippen LogP contribution is 2.26. The Bertz CT molecular complexity index is 527. The summed E-state index contributed by atoms with van der Waals surface area (Å²) >= 11 is 3.62. The molecule has 4 nitrogen and oxygen atoms in total. The largest absolute Gasteiger partial charge is 0.462 e. The second-order valence-electron chi connectivity index (χ2n) is 3.41. The summed E-state index contributed by atoms with van der Waals surface area (Å²) in [6.07, 6.45) is -3.54. The molecule has 8 heteroatoms. The van der Waals surface area contributed by atoms with Crippen LogP contribution in [0, 0.1) is 0 Å². The molecule has 1 aromatic heterocycles. The molecule has 0 bridgehead atoms. The molecule has 1 heterocycles. The number of aliphatic imine (C=N–C) groups is 1. The average molecular weight is 304 g/mol. The van der Waals surface area contributed by atoms with E-state index >= 15 is 0 Å². The summed E-state index contributed by atoms with van der Waals surface area (Å²) in [6.45, 7) is 1.43. The lowest BCUT2D eigenvalue weighted by Gasteiger charge is -2.12. The number of carbonyl (C=O) groups is 1. The van der Waals surface area contributed by atoms with E-state index in [9.17, 15) is 18.0 Å². The topological polar surface area (TPSA) is 51.5 Å². The van der Waals surface area contributed by atoms with E-state index in [1.54, 1.807) is 0 Å². The zero-order valence-electron chi connectivity index (χ0n) is 10.4. The van der Waals surface area contributed by atoms with Crippen molar-refractivity contribution in [3.8, 4) is 0 Å². The van der Waals surface area contributed by atoms with E-state index in [2.05, 4.69) is 27.3 Å². The van der Waals surface area contributed by atoms with Gasteiger partial charge in [-0.25, -0.2) is 14.8 Å². The molecule has 0 aromatic carbocycles. The van der Waals surface area contributed by atoms with Crippen molar-refractivity contribution in [2.24, 2.45) is 4.99 Å². The molecule has 0 aliphatic rings. The zero-order chi connectivity index (χ0) is 15.2. The molecule has 0 radical (unpaired) electrons. The van der Waals surface area contributed by atoms with Gasteiger partial charge in [0.25, 0.3) is 0 Å². The van der Waals surface area contributed by atoms with E-state index < -0.39 is 23.4 Å². The van der Waals surface area contributed by atoms with Crippen molar-refractivity contribution in [2.45, 2.75) is 13.1 Å². The highest BCUT2D eigenvalue weighted by atomic mass is 32.1. The van der Waals surface area contributed by atoms with E-state index in [4.69, 9.17) is 0 Å². The SMILES string of the molecule is CCOC(=O)/C(=C\S)C(=Nc1ccccn1)C(F)(F)F. The lowest BCUT2D eigenvalue weighted by atomic mass is 10.1. The number of nitrogens with zero attached hydrogens (tertiary/aromatic N) is 2. The molecule has 0 atom stereocenters. The first-order chi connectivity index (χ1) is 9.40. The number of hydrogen-bond acceptors (Lipinski definition) is 5. The van der Waals surface area contributed by atoms with Gasteiger partial charge in [-0.05, 0) is 24.5 Å². The van der Waals surface area contributed by atoms with Gasteiger partial charge in [-0.15, -0.1) is 0 Å². The first-order valence-corrected chi connectivity index (χ1v) is 6.00. The number of esters is 1. The molecule has 108 valence electrons. The maximum Gasteiger partial charge on any atom is 0.434 e. The van der Waals surface area contributed by atoms with Gasteiger partial charge in [0.15, 0.2) is 11.5 Å². The molecule has 0 amide bonds. The molecule has 0 saturated carbocycles. The first kappa shape index (κ1) is 16.2. The van der Waals surface area contributed by atoms with Crippen LogP contribution in [-0.4, -0.2) is 29.4 Å². The summed E-state index contributed by atoms with van der Waals surface area (Å²) in [4.78, 5) is 18.5. The molecular formula is C12H11F3N2O2S. The van der Waals surface area contributed by atoms with Gasteiger partial charge in [-0.1, -0.05) is 6.07 Å². The van der Waals surface area contributed by atoms with Crippen LogP contribution in [-0.2, 0) is 9.53 Å². The molecule has 0 fully saturated rings. The summed E-state index contributed by atoms with van der Waals surface area (Å²) in [5.41, 5.74) is -2.17. The number of hydrogen-bond donors (Lipinski definition) is 1. The van der Waals surface area contributed by atoms with Crippen LogP contribution in [0.4, 0.5) is 19.0 Å². The summed E-state index contributed by atoms with van der Waals surface area (Å²) in [5.74, 6) is -1.31. The van der Waals surface area contributed by atoms with E-state index in [0.717, 1.165) is 0 Å². The highest BCUT2D eigenvalue weighted by Gasteiger charge is 2.41. The maximum atomic E-state index is 13.0. The third-order valence-electron chi connectivity index (χ3n) is 2.02. The standard InChI is InChI=1S/C12H11F3N2O2S/c1-2-19-11(18)8(7-20)10(12(13,14)15)17-9-5-3-4-6-16-9/h3-7,20H,2H2,1H3/b8-7-,17-10?. The Morgan fingerprint density at radius 2 is 2.20 bits per heavy atom. The van der Waals surface area contributed by atoms with Crippen LogP contribution in [0.1, 0.15) is 6.92 Å². The minimum absolute atomic E-state index is 0.0569. The van der Waals surface area contributed by atoms with E-state index in [0.29, 0.717) is 5.41 Å². The lowest BCUT2D eigenvalue weighted by Crippen LogP contribution is -2.29. The monoisotopic (exact) mass is 304 g/mol. The zero-order valence-corrected chi connectivity index (χ0v) is 11.3. The smallest absolute Gasteiger partial charge is 0.434 e. The number of pyridine rings is 1. The fourth-order valence-corrected chi connectivity index (χ4v) is 1.46. The molecule has 0 saturated heterocycles. The van der Waals surface area contributed by atoms with Gasteiger partial charge in [0, 0.05) is 6.20 Å². The maximum absolute atomic E-state index is 13.0. The van der Waals surface area contributed by atoms with Gasteiger partial charge >= 0.3 is 12.1 Å². The van der Waals surface area contributed by atoms with E-state index in [1.165, 1.54) is 31.3 Å². The van der Waals surface area contributed by atoms with Gasteiger partial charge < -0.3 is 4.74 Å². The van der Waals surface area contributed by atoms with Gasteiger partial charge in [0.05, 0.1) is 12.2 Å².